The fourth-order valence-electron chi connectivity index (χ4n) is 3.07. The number of nitrogens with zero attached hydrogens (tertiary/aromatic N) is 2. The summed E-state index contributed by atoms with van der Waals surface area (Å²) in [5, 5.41) is 0.713. The van der Waals surface area contributed by atoms with Crippen LogP contribution in [-0.4, -0.2) is 16.8 Å². The highest BCUT2D eigenvalue weighted by molar-refractivity contribution is 6.31. The Bertz CT molecular complexity index is 1310. The number of hydrogen-bond donors (Lipinski definition) is 1. The van der Waals surface area contributed by atoms with Crippen LogP contribution in [0.5, 0.6) is 11.5 Å². The highest BCUT2D eigenvalue weighted by atomic mass is 35.5. The van der Waals surface area contributed by atoms with Gasteiger partial charge in [0.05, 0.1) is 23.0 Å². The fourth-order valence-corrected chi connectivity index (χ4v) is 3.29. The molecule has 0 bridgehead atoms. The van der Waals surface area contributed by atoms with Crippen LogP contribution < -0.4 is 20.9 Å². The van der Waals surface area contributed by atoms with Crippen LogP contribution in [0.25, 0.3) is 22.3 Å². The Morgan fingerprint density at radius 1 is 1.10 bits per heavy atom. The predicted octanol–water partition coefficient (Wildman–Crippen LogP) is 4.16. The first-order valence-electron chi connectivity index (χ1n) is 9.00. The van der Waals surface area contributed by atoms with Crippen LogP contribution in [-0.2, 0) is 6.61 Å². The number of ether oxygens (including phenoxy) is 2. The van der Waals surface area contributed by atoms with Crippen LogP contribution in [0.2, 0.25) is 5.02 Å². The van der Waals surface area contributed by atoms with E-state index >= 15 is 0 Å². The first-order chi connectivity index (χ1) is 14.5. The normalized spacial score (nSPS) is 10.9. The van der Waals surface area contributed by atoms with Crippen molar-refractivity contribution in [3.8, 4) is 22.9 Å². The van der Waals surface area contributed by atoms with Crippen molar-refractivity contribution >= 4 is 22.5 Å². The molecule has 3 aromatic carbocycles. The molecular formula is C22H17ClFN3O3. The number of hydrogen-bond acceptors (Lipinski definition) is 5. The third-order valence-electron chi connectivity index (χ3n) is 4.63. The third-order valence-corrected chi connectivity index (χ3v) is 4.98. The zero-order valence-corrected chi connectivity index (χ0v) is 16.7. The number of methoxy groups -OCH3 is 1. The molecule has 0 aliphatic carbocycles. The van der Waals surface area contributed by atoms with E-state index in [0.717, 1.165) is 4.68 Å². The minimum absolute atomic E-state index is 0.130. The van der Waals surface area contributed by atoms with E-state index in [2.05, 4.69) is 4.98 Å². The van der Waals surface area contributed by atoms with Gasteiger partial charge in [-0.25, -0.2) is 14.1 Å². The van der Waals surface area contributed by atoms with Crippen molar-refractivity contribution < 1.29 is 13.9 Å². The summed E-state index contributed by atoms with van der Waals surface area (Å²) in [6.07, 6.45) is 0. The third kappa shape index (κ3) is 3.67. The van der Waals surface area contributed by atoms with Gasteiger partial charge in [-0.15, -0.1) is 0 Å². The second-order valence-corrected chi connectivity index (χ2v) is 6.92. The minimum Gasteiger partial charge on any atom is -0.493 e. The Hall–Kier alpha value is -3.58. The van der Waals surface area contributed by atoms with Crippen LogP contribution in [0.4, 0.5) is 4.39 Å². The second-order valence-electron chi connectivity index (χ2n) is 6.52. The average Bonchev–Trinajstić information content (AvgIpc) is 2.75. The lowest BCUT2D eigenvalue weighted by molar-refractivity contribution is 0.284. The maximum atomic E-state index is 13.2. The van der Waals surface area contributed by atoms with E-state index in [1.807, 2.05) is 0 Å². The average molecular weight is 426 g/mol. The first kappa shape index (κ1) is 19.7. The van der Waals surface area contributed by atoms with Crippen LogP contribution >= 0.6 is 11.6 Å². The van der Waals surface area contributed by atoms with Gasteiger partial charge in [0.15, 0.2) is 17.3 Å². The largest absolute Gasteiger partial charge is 0.493 e. The molecule has 0 aliphatic rings. The van der Waals surface area contributed by atoms with Gasteiger partial charge in [-0.1, -0.05) is 29.8 Å². The van der Waals surface area contributed by atoms with Gasteiger partial charge in [-0.05, 0) is 42.5 Å². The number of rotatable bonds is 5. The maximum Gasteiger partial charge on any atom is 0.280 e. The summed E-state index contributed by atoms with van der Waals surface area (Å²) in [4.78, 5) is 17.1. The van der Waals surface area contributed by atoms with Crippen molar-refractivity contribution in [2.45, 2.75) is 6.61 Å². The molecule has 0 atom stereocenters. The Kier molecular flexibility index (Phi) is 5.29. The summed E-state index contributed by atoms with van der Waals surface area (Å²) < 4.78 is 25.4. The van der Waals surface area contributed by atoms with Crippen molar-refractivity contribution in [2.24, 2.45) is 0 Å². The molecule has 30 heavy (non-hydrogen) atoms. The topological polar surface area (TPSA) is 79.4 Å². The number of aromatic nitrogens is 2. The molecule has 0 saturated carbocycles. The van der Waals surface area contributed by atoms with Crippen LogP contribution in [0, 0.1) is 5.82 Å². The van der Waals surface area contributed by atoms with Crippen LogP contribution in [0.1, 0.15) is 5.56 Å². The number of halogens is 2. The molecule has 0 spiro atoms. The summed E-state index contributed by atoms with van der Waals surface area (Å²) in [5.74, 6) is 6.76. The van der Waals surface area contributed by atoms with Crippen molar-refractivity contribution in [1.82, 2.24) is 9.66 Å². The molecule has 0 unspecified atom stereocenters. The summed E-state index contributed by atoms with van der Waals surface area (Å²) in [6, 6.07) is 16.2. The van der Waals surface area contributed by atoms with Gasteiger partial charge in [-0.3, -0.25) is 4.79 Å². The summed E-state index contributed by atoms with van der Waals surface area (Å²) >= 11 is 6.05. The van der Waals surface area contributed by atoms with Gasteiger partial charge in [0.25, 0.3) is 5.56 Å². The second kappa shape index (κ2) is 8.04. The van der Waals surface area contributed by atoms with Crippen molar-refractivity contribution in [3.05, 3.63) is 87.4 Å². The van der Waals surface area contributed by atoms with E-state index in [1.165, 1.54) is 19.2 Å². The molecule has 1 aromatic heterocycles. The number of para-hydroxylation sites is 1. The fraction of sp³-hybridized carbons (Fsp3) is 0.0909. The molecule has 8 heteroatoms. The van der Waals surface area contributed by atoms with E-state index in [4.69, 9.17) is 26.9 Å². The molecule has 152 valence electrons. The maximum absolute atomic E-state index is 13.2. The minimum atomic E-state index is -0.415. The van der Waals surface area contributed by atoms with E-state index in [-0.39, 0.29) is 17.2 Å². The quantitative estimate of drug-likeness (QED) is 0.486. The molecule has 0 aliphatic heterocycles. The summed E-state index contributed by atoms with van der Waals surface area (Å²) in [5.41, 5.74) is 1.42. The molecule has 6 nitrogen and oxygen atoms in total. The highest BCUT2D eigenvalue weighted by Crippen LogP contribution is 2.33. The van der Waals surface area contributed by atoms with E-state index in [9.17, 15) is 9.18 Å². The smallest absolute Gasteiger partial charge is 0.280 e. The van der Waals surface area contributed by atoms with Gasteiger partial charge in [0.2, 0.25) is 0 Å². The molecule has 0 radical (unpaired) electrons. The van der Waals surface area contributed by atoms with Gasteiger partial charge in [0.1, 0.15) is 12.4 Å². The molecule has 0 saturated heterocycles. The van der Waals surface area contributed by atoms with Crippen LogP contribution in [0.3, 0.4) is 0 Å². The lowest BCUT2D eigenvalue weighted by Gasteiger charge is -2.14. The Morgan fingerprint density at radius 2 is 1.90 bits per heavy atom. The Balaban J connectivity index is 1.68. The molecule has 0 fully saturated rings. The molecule has 0 amide bonds. The molecule has 4 rings (SSSR count). The predicted molar refractivity (Wildman–Crippen MR) is 114 cm³/mol. The van der Waals surface area contributed by atoms with Gasteiger partial charge >= 0.3 is 0 Å². The van der Waals surface area contributed by atoms with Gasteiger partial charge in [-0.2, -0.15) is 0 Å². The Morgan fingerprint density at radius 3 is 2.67 bits per heavy atom. The van der Waals surface area contributed by atoms with E-state index in [1.54, 1.807) is 48.5 Å². The van der Waals surface area contributed by atoms with Crippen LogP contribution in [0.15, 0.2) is 65.5 Å². The van der Waals surface area contributed by atoms with Crippen molar-refractivity contribution in [1.29, 1.82) is 0 Å². The first-order valence-corrected chi connectivity index (χ1v) is 9.37. The molecule has 4 aromatic rings. The summed E-state index contributed by atoms with van der Waals surface area (Å²) in [6.45, 7) is 0.130. The lowest BCUT2D eigenvalue weighted by atomic mass is 10.1. The van der Waals surface area contributed by atoms with Gasteiger partial charge in [0, 0.05) is 11.1 Å². The molecular weight excluding hydrogens is 409 g/mol. The lowest BCUT2D eigenvalue weighted by Crippen LogP contribution is -2.29. The molecule has 1 heterocycles. The monoisotopic (exact) mass is 425 g/mol. The van der Waals surface area contributed by atoms with E-state index < -0.39 is 5.82 Å². The van der Waals surface area contributed by atoms with Crippen molar-refractivity contribution in [3.63, 3.8) is 0 Å². The highest BCUT2D eigenvalue weighted by Gasteiger charge is 2.14. The SMILES string of the molecule is COc1cc(-c2nc3ccccc3c(=O)n2N)ccc1OCc1ccc(F)cc1Cl. The number of nitrogen functional groups attached to an aromatic ring is 1. The summed E-state index contributed by atoms with van der Waals surface area (Å²) in [7, 11) is 1.50. The van der Waals surface area contributed by atoms with Gasteiger partial charge < -0.3 is 15.3 Å². The zero-order chi connectivity index (χ0) is 21.3. The molecule has 2 N–H and O–H groups in total. The number of benzene rings is 3. The van der Waals surface area contributed by atoms with Crippen molar-refractivity contribution in [2.75, 3.05) is 13.0 Å². The number of nitrogens with two attached hydrogens (primary N) is 1. The standard InChI is InChI=1S/C22H17ClFN3O3/c1-29-20-10-13(21-26-18-5-3-2-4-16(18)22(28)27(21)25)7-9-19(20)30-12-14-6-8-15(24)11-17(14)23/h2-11H,12,25H2,1H3. The zero-order valence-electron chi connectivity index (χ0n) is 15.9. The Labute approximate surface area is 176 Å². The number of fused-ring (bicyclic) bond motifs is 1. The van der Waals surface area contributed by atoms with E-state index in [0.29, 0.717) is 39.4 Å².